The zero-order valence-electron chi connectivity index (χ0n) is 17.8. The molecule has 11 heteroatoms. The fourth-order valence-corrected chi connectivity index (χ4v) is 4.04. The Morgan fingerprint density at radius 3 is 2.59 bits per heavy atom. The van der Waals surface area contributed by atoms with Crippen LogP contribution >= 0.6 is 0 Å². The number of aromatic nitrogens is 7. The van der Waals surface area contributed by atoms with Crippen molar-refractivity contribution in [3.8, 4) is 11.1 Å². The van der Waals surface area contributed by atoms with E-state index < -0.39 is 12.0 Å². The normalized spacial score (nSPS) is 14.2. The lowest BCUT2D eigenvalue weighted by atomic mass is 10.0. The fraction of sp³-hybridized carbons (Fsp3) is 0.381. The number of hydrogen-bond donors (Lipinski definition) is 0. The van der Waals surface area contributed by atoms with Crippen molar-refractivity contribution in [1.29, 1.82) is 0 Å². The molecule has 0 aromatic carbocycles. The molecule has 5 heterocycles. The van der Waals surface area contributed by atoms with Crippen molar-refractivity contribution in [2.45, 2.75) is 46.5 Å². The summed E-state index contributed by atoms with van der Waals surface area (Å²) in [6.07, 6.45) is 1.66. The quantitative estimate of drug-likeness (QED) is 0.483. The molecule has 166 valence electrons. The van der Waals surface area contributed by atoms with Crippen LogP contribution in [0.3, 0.4) is 0 Å². The molecule has 1 aliphatic rings. The van der Waals surface area contributed by atoms with E-state index in [2.05, 4.69) is 31.4 Å². The van der Waals surface area contributed by atoms with Crippen molar-refractivity contribution in [3.05, 3.63) is 52.9 Å². The second kappa shape index (κ2) is 7.28. The highest BCUT2D eigenvalue weighted by Gasteiger charge is 2.38. The van der Waals surface area contributed by atoms with Gasteiger partial charge in [-0.1, -0.05) is 0 Å². The number of pyridine rings is 1. The Labute approximate surface area is 181 Å². The van der Waals surface area contributed by atoms with Crippen LogP contribution < -0.4 is 4.90 Å². The average Bonchev–Trinajstić information content (AvgIpc) is 3.42. The number of fused-ring (bicyclic) bond motifs is 2. The lowest BCUT2D eigenvalue weighted by Gasteiger charge is -2.30. The Balaban J connectivity index is 1.54. The number of nitrogens with zero attached hydrogens (tertiary/aromatic N) is 8. The molecule has 0 radical (unpaired) electrons. The Morgan fingerprint density at radius 1 is 1.06 bits per heavy atom. The van der Waals surface area contributed by atoms with Gasteiger partial charge in [0.1, 0.15) is 0 Å². The van der Waals surface area contributed by atoms with E-state index in [0.717, 1.165) is 39.0 Å². The van der Waals surface area contributed by atoms with Crippen LogP contribution in [0.1, 0.15) is 35.1 Å². The van der Waals surface area contributed by atoms with Crippen molar-refractivity contribution in [2.24, 2.45) is 0 Å². The number of halogens is 3. The van der Waals surface area contributed by atoms with Crippen molar-refractivity contribution in [3.63, 3.8) is 0 Å². The van der Waals surface area contributed by atoms with Crippen LogP contribution in [0.4, 0.5) is 19.0 Å². The summed E-state index contributed by atoms with van der Waals surface area (Å²) in [7, 11) is 0. The molecule has 0 saturated heterocycles. The maximum Gasteiger partial charge on any atom is 0.453 e. The summed E-state index contributed by atoms with van der Waals surface area (Å²) >= 11 is 0. The third-order valence-electron chi connectivity index (χ3n) is 5.95. The molecular formula is C21H21F3N8. The number of aryl methyl sites for hydroxylation is 2. The molecule has 0 bridgehead atoms. The highest BCUT2D eigenvalue weighted by molar-refractivity contribution is 5.63. The maximum atomic E-state index is 13.4. The van der Waals surface area contributed by atoms with Gasteiger partial charge in [-0.2, -0.15) is 22.8 Å². The SMILES string of the molecule is CCn1cc(-c2cnc3c(c2)CN(c2nn4c(C(F)(F)F)nnc4c(C)c2C)CC3)cn1. The van der Waals surface area contributed by atoms with Crippen molar-refractivity contribution in [2.75, 3.05) is 11.4 Å². The van der Waals surface area contributed by atoms with Gasteiger partial charge in [0.05, 0.1) is 6.20 Å². The molecule has 0 aliphatic carbocycles. The van der Waals surface area contributed by atoms with Gasteiger partial charge >= 0.3 is 6.18 Å². The van der Waals surface area contributed by atoms with E-state index in [1.54, 1.807) is 13.1 Å². The highest BCUT2D eigenvalue weighted by Crippen LogP contribution is 2.32. The first-order chi connectivity index (χ1) is 15.3. The first kappa shape index (κ1) is 20.4. The predicted octanol–water partition coefficient (Wildman–Crippen LogP) is 3.60. The van der Waals surface area contributed by atoms with Gasteiger partial charge in [0.15, 0.2) is 11.5 Å². The molecule has 1 aliphatic heterocycles. The molecule has 4 aromatic heterocycles. The van der Waals surface area contributed by atoms with E-state index in [1.165, 1.54) is 0 Å². The van der Waals surface area contributed by atoms with Crippen molar-refractivity contribution in [1.82, 2.24) is 34.6 Å². The lowest BCUT2D eigenvalue weighted by Crippen LogP contribution is -2.33. The minimum Gasteiger partial charge on any atom is -0.350 e. The number of hydrogen-bond acceptors (Lipinski definition) is 6. The van der Waals surface area contributed by atoms with Gasteiger partial charge in [-0.15, -0.1) is 15.3 Å². The van der Waals surface area contributed by atoms with Crippen molar-refractivity contribution < 1.29 is 13.2 Å². The summed E-state index contributed by atoms with van der Waals surface area (Å²) in [5, 5.41) is 15.7. The molecule has 0 N–H and O–H groups in total. The molecule has 5 rings (SSSR count). The molecule has 8 nitrogen and oxygen atoms in total. The summed E-state index contributed by atoms with van der Waals surface area (Å²) in [6, 6.07) is 2.08. The minimum atomic E-state index is -4.64. The summed E-state index contributed by atoms with van der Waals surface area (Å²) in [6.45, 7) is 7.50. The second-order valence-electron chi connectivity index (χ2n) is 7.92. The Hall–Kier alpha value is -3.50. The molecule has 32 heavy (non-hydrogen) atoms. The van der Waals surface area contributed by atoms with Crippen LogP contribution in [0, 0.1) is 13.8 Å². The third-order valence-corrected chi connectivity index (χ3v) is 5.95. The monoisotopic (exact) mass is 442 g/mol. The lowest BCUT2D eigenvalue weighted by molar-refractivity contribution is -0.146. The Morgan fingerprint density at radius 2 is 1.88 bits per heavy atom. The molecule has 4 aromatic rings. The van der Waals surface area contributed by atoms with Gasteiger partial charge in [-0.25, -0.2) is 0 Å². The summed E-state index contributed by atoms with van der Waals surface area (Å²) in [4.78, 5) is 6.62. The van der Waals surface area contributed by atoms with Gasteiger partial charge in [0.25, 0.3) is 5.82 Å². The van der Waals surface area contributed by atoms with Gasteiger partial charge in [0, 0.05) is 66.4 Å². The third kappa shape index (κ3) is 3.28. The maximum absolute atomic E-state index is 13.4. The smallest absolute Gasteiger partial charge is 0.350 e. The molecular weight excluding hydrogens is 421 g/mol. The van der Waals surface area contributed by atoms with Gasteiger partial charge in [-0.05, 0) is 32.4 Å². The predicted molar refractivity (Wildman–Crippen MR) is 111 cm³/mol. The van der Waals surface area contributed by atoms with E-state index in [-0.39, 0.29) is 5.65 Å². The fourth-order valence-electron chi connectivity index (χ4n) is 4.04. The topological polar surface area (TPSA) is 77.0 Å². The number of rotatable bonds is 3. The molecule has 0 unspecified atom stereocenters. The molecule has 0 fully saturated rings. The first-order valence-electron chi connectivity index (χ1n) is 10.3. The standard InChI is InChI=1S/C21H21F3N8/c1-4-31-11-16(9-26-31)14-7-15-10-30(6-5-17(15)25-8-14)19-13(3)12(2)18-27-28-20(21(22,23)24)32(18)29-19/h7-9,11H,4-6,10H2,1-3H3. The van der Waals surface area contributed by atoms with Crippen LogP contribution in [0.5, 0.6) is 0 Å². The molecule has 0 saturated carbocycles. The molecule has 0 amide bonds. The van der Waals surface area contributed by atoms with Crippen LogP contribution in [0.25, 0.3) is 16.8 Å². The average molecular weight is 442 g/mol. The van der Waals surface area contributed by atoms with Crippen LogP contribution in [-0.4, -0.2) is 41.1 Å². The van der Waals surface area contributed by atoms with E-state index in [4.69, 9.17) is 0 Å². The van der Waals surface area contributed by atoms with E-state index >= 15 is 0 Å². The first-order valence-corrected chi connectivity index (χ1v) is 10.3. The largest absolute Gasteiger partial charge is 0.453 e. The Kier molecular flexibility index (Phi) is 4.64. The van der Waals surface area contributed by atoms with Gasteiger partial charge < -0.3 is 4.90 Å². The zero-order chi connectivity index (χ0) is 22.6. The second-order valence-corrected chi connectivity index (χ2v) is 7.92. The van der Waals surface area contributed by atoms with E-state index in [0.29, 0.717) is 30.9 Å². The van der Waals surface area contributed by atoms with E-state index in [9.17, 15) is 13.2 Å². The zero-order valence-corrected chi connectivity index (χ0v) is 17.8. The van der Waals surface area contributed by atoms with Gasteiger partial charge in [-0.3, -0.25) is 9.67 Å². The Bertz CT molecular complexity index is 1320. The highest BCUT2D eigenvalue weighted by atomic mass is 19.4. The van der Waals surface area contributed by atoms with Crippen LogP contribution in [0.2, 0.25) is 0 Å². The number of anilines is 1. The van der Waals surface area contributed by atoms with Gasteiger partial charge in [0.2, 0.25) is 0 Å². The minimum absolute atomic E-state index is 0.118. The van der Waals surface area contributed by atoms with Crippen molar-refractivity contribution >= 4 is 11.5 Å². The summed E-state index contributed by atoms with van der Waals surface area (Å²) in [5.74, 6) is -0.624. The molecule has 0 atom stereocenters. The molecule has 0 spiro atoms. The summed E-state index contributed by atoms with van der Waals surface area (Å²) < 4.78 is 42.8. The van der Waals surface area contributed by atoms with Crippen LogP contribution in [0.15, 0.2) is 24.7 Å². The number of alkyl halides is 3. The van der Waals surface area contributed by atoms with Crippen LogP contribution in [-0.2, 0) is 25.7 Å². The van der Waals surface area contributed by atoms with E-state index in [1.807, 2.05) is 35.8 Å². The summed E-state index contributed by atoms with van der Waals surface area (Å²) in [5.41, 5.74) is 5.48.